The largest absolute Gasteiger partial charge is 0.370 e. The molecule has 0 radical (unpaired) electrons. The van der Waals surface area contributed by atoms with Gasteiger partial charge >= 0.3 is 0 Å². The minimum Gasteiger partial charge on any atom is -0.370 e. The van der Waals surface area contributed by atoms with E-state index in [9.17, 15) is 9.59 Å². The predicted molar refractivity (Wildman–Crippen MR) is 74.1 cm³/mol. The average Bonchev–Trinajstić information content (AvgIpc) is 3.01. The highest BCUT2D eigenvalue weighted by atomic mass is 16.5. The van der Waals surface area contributed by atoms with Crippen molar-refractivity contribution in [2.24, 2.45) is 0 Å². The zero-order valence-electron chi connectivity index (χ0n) is 12.2. The maximum atomic E-state index is 12.1. The first-order valence-electron chi connectivity index (χ1n) is 7.82. The van der Waals surface area contributed by atoms with Gasteiger partial charge in [0.15, 0.2) is 0 Å². The molecule has 1 N–H and O–H groups in total. The summed E-state index contributed by atoms with van der Waals surface area (Å²) in [6.07, 6.45) is 7.59. The lowest BCUT2D eigenvalue weighted by molar-refractivity contribution is -0.134. The Hall–Kier alpha value is -1.10. The molecule has 0 aromatic carbocycles. The SMILES string of the molecule is CC1CC(=O)NCC(=O)N1CC1CCC2(CCCC2)O1. The fraction of sp³-hybridized carbons (Fsp3) is 0.867. The smallest absolute Gasteiger partial charge is 0.242 e. The molecule has 1 saturated carbocycles. The van der Waals surface area contributed by atoms with Gasteiger partial charge in [0.25, 0.3) is 0 Å². The van der Waals surface area contributed by atoms with Gasteiger partial charge in [-0.1, -0.05) is 12.8 Å². The molecule has 2 atom stereocenters. The normalized spacial score (nSPS) is 33.5. The second kappa shape index (κ2) is 5.35. The van der Waals surface area contributed by atoms with Crippen molar-refractivity contribution in [1.29, 1.82) is 0 Å². The summed E-state index contributed by atoms with van der Waals surface area (Å²) in [6.45, 7) is 2.71. The van der Waals surface area contributed by atoms with E-state index in [0.717, 1.165) is 12.8 Å². The maximum Gasteiger partial charge on any atom is 0.242 e. The summed E-state index contributed by atoms with van der Waals surface area (Å²) < 4.78 is 6.28. The van der Waals surface area contributed by atoms with Gasteiger partial charge < -0.3 is 15.0 Å². The number of nitrogens with zero attached hydrogens (tertiary/aromatic N) is 1. The van der Waals surface area contributed by atoms with E-state index in [0.29, 0.717) is 13.0 Å². The number of rotatable bonds is 2. The van der Waals surface area contributed by atoms with Crippen molar-refractivity contribution < 1.29 is 14.3 Å². The van der Waals surface area contributed by atoms with Gasteiger partial charge in [-0.2, -0.15) is 0 Å². The van der Waals surface area contributed by atoms with E-state index in [4.69, 9.17) is 4.74 Å². The lowest BCUT2D eigenvalue weighted by Crippen LogP contribution is -2.44. The van der Waals surface area contributed by atoms with Crippen LogP contribution < -0.4 is 5.32 Å². The highest BCUT2D eigenvalue weighted by molar-refractivity contribution is 5.87. The topological polar surface area (TPSA) is 58.6 Å². The van der Waals surface area contributed by atoms with Crippen LogP contribution in [0.2, 0.25) is 0 Å². The molecule has 20 heavy (non-hydrogen) atoms. The van der Waals surface area contributed by atoms with E-state index in [2.05, 4.69) is 5.32 Å². The standard InChI is InChI=1S/C15H24N2O3/c1-11-8-13(18)16-9-14(19)17(11)10-12-4-7-15(20-12)5-2-3-6-15/h11-12H,2-10H2,1H3,(H,16,18). The van der Waals surface area contributed by atoms with Crippen molar-refractivity contribution in [3.8, 4) is 0 Å². The first-order valence-corrected chi connectivity index (χ1v) is 7.82. The predicted octanol–water partition coefficient (Wildman–Crippen LogP) is 1.22. The molecule has 3 rings (SSSR count). The molecule has 1 spiro atoms. The number of hydrogen-bond donors (Lipinski definition) is 1. The summed E-state index contributed by atoms with van der Waals surface area (Å²) in [5.41, 5.74) is 0.108. The van der Waals surface area contributed by atoms with Crippen molar-refractivity contribution in [3.63, 3.8) is 0 Å². The monoisotopic (exact) mass is 280 g/mol. The molecule has 2 heterocycles. The molecule has 112 valence electrons. The third-order valence-electron chi connectivity index (χ3n) is 5.02. The number of carbonyl (C=O) groups is 2. The van der Waals surface area contributed by atoms with Gasteiger partial charge in [-0.05, 0) is 32.6 Å². The molecule has 2 aliphatic heterocycles. The molecule has 2 amide bonds. The van der Waals surface area contributed by atoms with E-state index in [1.807, 2.05) is 11.8 Å². The number of hydrogen-bond acceptors (Lipinski definition) is 3. The Morgan fingerprint density at radius 2 is 2.05 bits per heavy atom. The van der Waals surface area contributed by atoms with E-state index in [1.165, 1.54) is 25.7 Å². The van der Waals surface area contributed by atoms with Crippen molar-refractivity contribution in [3.05, 3.63) is 0 Å². The molecule has 3 aliphatic rings. The summed E-state index contributed by atoms with van der Waals surface area (Å²) in [4.78, 5) is 25.5. The van der Waals surface area contributed by atoms with Crippen molar-refractivity contribution in [1.82, 2.24) is 10.2 Å². The first-order chi connectivity index (χ1) is 9.58. The minimum atomic E-state index is -0.0343. The van der Waals surface area contributed by atoms with Gasteiger partial charge in [-0.3, -0.25) is 9.59 Å². The Bertz CT molecular complexity index is 404. The highest BCUT2D eigenvalue weighted by Crippen LogP contribution is 2.43. The molecule has 1 aliphatic carbocycles. The van der Waals surface area contributed by atoms with Gasteiger partial charge in [-0.15, -0.1) is 0 Å². The van der Waals surface area contributed by atoms with Gasteiger partial charge in [-0.25, -0.2) is 0 Å². The summed E-state index contributed by atoms with van der Waals surface area (Å²) in [6, 6.07) is -0.0336. The number of ether oxygens (including phenoxy) is 1. The highest BCUT2D eigenvalue weighted by Gasteiger charge is 2.43. The average molecular weight is 280 g/mol. The zero-order valence-corrected chi connectivity index (χ0v) is 12.2. The number of nitrogens with one attached hydrogen (secondary N) is 1. The van der Waals surface area contributed by atoms with Crippen LogP contribution in [0.3, 0.4) is 0 Å². The van der Waals surface area contributed by atoms with Crippen molar-refractivity contribution in [2.75, 3.05) is 13.1 Å². The first kappa shape index (κ1) is 13.9. The molecule has 3 fully saturated rings. The van der Waals surface area contributed by atoms with Crippen molar-refractivity contribution in [2.45, 2.75) is 69.6 Å². The molecule has 5 heteroatoms. The Morgan fingerprint density at radius 3 is 2.80 bits per heavy atom. The molecule has 0 aromatic heterocycles. The van der Waals surface area contributed by atoms with Gasteiger partial charge in [0.2, 0.25) is 11.8 Å². The quantitative estimate of drug-likeness (QED) is 0.827. The second-order valence-corrected chi connectivity index (χ2v) is 6.54. The van der Waals surface area contributed by atoms with E-state index in [-0.39, 0.29) is 36.1 Å². The molecule has 0 aromatic rings. The molecule has 5 nitrogen and oxygen atoms in total. The van der Waals surface area contributed by atoms with Gasteiger partial charge in [0.1, 0.15) is 0 Å². The second-order valence-electron chi connectivity index (χ2n) is 6.54. The summed E-state index contributed by atoms with van der Waals surface area (Å²) in [5.74, 6) is -0.0210. The number of amides is 2. The third-order valence-corrected chi connectivity index (χ3v) is 5.02. The summed E-state index contributed by atoms with van der Waals surface area (Å²) in [7, 11) is 0. The van der Waals surface area contributed by atoms with Crippen LogP contribution in [0.4, 0.5) is 0 Å². The van der Waals surface area contributed by atoms with E-state index >= 15 is 0 Å². The fourth-order valence-electron chi connectivity index (χ4n) is 3.88. The lowest BCUT2D eigenvalue weighted by atomic mass is 9.98. The molecule has 2 saturated heterocycles. The number of carbonyl (C=O) groups excluding carboxylic acids is 2. The molecule has 0 bridgehead atoms. The van der Waals surface area contributed by atoms with Crippen molar-refractivity contribution >= 4 is 11.8 Å². The fourth-order valence-corrected chi connectivity index (χ4v) is 3.88. The Kier molecular flexibility index (Phi) is 3.71. The summed E-state index contributed by atoms with van der Waals surface area (Å²) >= 11 is 0. The lowest BCUT2D eigenvalue weighted by Gasteiger charge is -2.30. The van der Waals surface area contributed by atoms with Crippen LogP contribution in [-0.2, 0) is 14.3 Å². The third kappa shape index (κ3) is 2.68. The Morgan fingerprint density at radius 1 is 1.30 bits per heavy atom. The van der Waals surface area contributed by atoms with Crippen LogP contribution in [0.1, 0.15) is 51.9 Å². The Labute approximate surface area is 120 Å². The van der Waals surface area contributed by atoms with Crippen LogP contribution >= 0.6 is 0 Å². The van der Waals surface area contributed by atoms with E-state index < -0.39 is 0 Å². The molecule has 2 unspecified atom stereocenters. The van der Waals surface area contributed by atoms with Crippen LogP contribution in [0.15, 0.2) is 0 Å². The van der Waals surface area contributed by atoms with E-state index in [1.54, 1.807) is 0 Å². The van der Waals surface area contributed by atoms with Gasteiger partial charge in [0.05, 0.1) is 18.2 Å². The van der Waals surface area contributed by atoms with Crippen LogP contribution in [-0.4, -0.2) is 47.6 Å². The molecular formula is C15H24N2O3. The van der Waals surface area contributed by atoms with Crippen LogP contribution in [0.5, 0.6) is 0 Å². The van der Waals surface area contributed by atoms with Crippen LogP contribution in [0.25, 0.3) is 0 Å². The van der Waals surface area contributed by atoms with Gasteiger partial charge in [0, 0.05) is 19.0 Å². The zero-order chi connectivity index (χ0) is 14.2. The van der Waals surface area contributed by atoms with Crippen LogP contribution in [0, 0.1) is 0 Å². The minimum absolute atomic E-state index is 0.0133. The Balaban J connectivity index is 1.62. The summed E-state index contributed by atoms with van der Waals surface area (Å²) in [5, 5.41) is 2.66. The maximum absolute atomic E-state index is 12.1. The molecular weight excluding hydrogens is 256 g/mol.